The van der Waals surface area contributed by atoms with Gasteiger partial charge in [-0.1, -0.05) is 26.7 Å². The Labute approximate surface area is 187 Å². The molecule has 2 unspecified atom stereocenters. The van der Waals surface area contributed by atoms with Crippen LogP contribution in [0.3, 0.4) is 0 Å². The molecule has 10 atom stereocenters. The smallest absolute Gasteiger partial charge is 0.302 e. The molecular weight excluding hydrogens is 388 g/mol. The number of ether oxygens (including phenoxy) is 2. The third-order valence-electron chi connectivity index (χ3n) is 12.0. The van der Waals surface area contributed by atoms with Gasteiger partial charge in [0.1, 0.15) is 17.5 Å². The van der Waals surface area contributed by atoms with Crippen molar-refractivity contribution < 1.29 is 19.1 Å². The highest BCUT2D eigenvalue weighted by Gasteiger charge is 2.78. The van der Waals surface area contributed by atoms with Gasteiger partial charge < -0.3 is 9.47 Å². The Morgan fingerprint density at radius 3 is 2.42 bits per heavy atom. The standard InChI is InChI=1S/C27H40O4/c1-16(28)26-10-6-5-7-18(26)13-22-20-14-23-27(31-23)15-19(30-17(2)29)8-11-25(27,4)21(20)9-12-24(22,26)3/h18-23H,5-15H2,1-4H3/t18-,19-,20+,21?,22?,23-,24-,25+,26-,27-/m0/s1. The van der Waals surface area contributed by atoms with E-state index in [1.807, 2.05) is 6.92 Å². The molecule has 5 aliphatic carbocycles. The zero-order chi connectivity index (χ0) is 21.8. The monoisotopic (exact) mass is 428 g/mol. The number of fused-ring (bicyclic) bond motifs is 6. The van der Waals surface area contributed by atoms with E-state index in [0.717, 1.165) is 32.1 Å². The van der Waals surface area contributed by atoms with E-state index in [2.05, 4.69) is 13.8 Å². The molecule has 0 bridgehead atoms. The highest BCUT2D eigenvalue weighted by atomic mass is 16.6. The number of hydrogen-bond donors (Lipinski definition) is 0. The number of carbonyl (C=O) groups excluding carboxylic acids is 2. The maximum absolute atomic E-state index is 13.2. The zero-order valence-electron chi connectivity index (χ0n) is 19.9. The molecule has 0 aromatic heterocycles. The van der Waals surface area contributed by atoms with Gasteiger partial charge in [0, 0.05) is 24.2 Å². The molecule has 5 saturated carbocycles. The number of epoxide rings is 1. The van der Waals surface area contributed by atoms with Crippen molar-refractivity contribution >= 4 is 11.8 Å². The van der Waals surface area contributed by atoms with Crippen LogP contribution in [-0.4, -0.2) is 29.6 Å². The third kappa shape index (κ3) is 2.36. The quantitative estimate of drug-likeness (QED) is 0.432. The summed E-state index contributed by atoms with van der Waals surface area (Å²) in [4.78, 5) is 24.8. The number of hydrogen-bond acceptors (Lipinski definition) is 4. The summed E-state index contributed by atoms with van der Waals surface area (Å²) in [7, 11) is 0. The van der Waals surface area contributed by atoms with Crippen molar-refractivity contribution in [1.29, 1.82) is 0 Å². The molecule has 6 fully saturated rings. The van der Waals surface area contributed by atoms with E-state index in [0.29, 0.717) is 35.6 Å². The van der Waals surface area contributed by atoms with Crippen molar-refractivity contribution in [3.63, 3.8) is 0 Å². The molecule has 31 heavy (non-hydrogen) atoms. The fourth-order valence-electron chi connectivity index (χ4n) is 10.8. The Kier molecular flexibility index (Phi) is 4.25. The van der Waals surface area contributed by atoms with Crippen molar-refractivity contribution in [2.24, 2.45) is 39.9 Å². The molecule has 0 aromatic rings. The van der Waals surface area contributed by atoms with Gasteiger partial charge in [-0.15, -0.1) is 0 Å². The lowest BCUT2D eigenvalue weighted by molar-refractivity contribution is -0.163. The summed E-state index contributed by atoms with van der Waals surface area (Å²) < 4.78 is 12.2. The molecule has 0 radical (unpaired) electrons. The van der Waals surface area contributed by atoms with E-state index in [1.165, 1.54) is 45.4 Å². The third-order valence-corrected chi connectivity index (χ3v) is 12.0. The highest BCUT2D eigenvalue weighted by Crippen LogP contribution is 2.77. The summed E-state index contributed by atoms with van der Waals surface area (Å²) in [5.74, 6) is 2.98. The Morgan fingerprint density at radius 1 is 0.903 bits per heavy atom. The van der Waals surface area contributed by atoms with Crippen LogP contribution >= 0.6 is 0 Å². The van der Waals surface area contributed by atoms with E-state index < -0.39 is 0 Å². The summed E-state index contributed by atoms with van der Waals surface area (Å²) >= 11 is 0. The van der Waals surface area contributed by atoms with Gasteiger partial charge in [-0.05, 0) is 87.4 Å². The van der Waals surface area contributed by atoms with E-state index in [1.54, 1.807) is 0 Å². The van der Waals surface area contributed by atoms with Gasteiger partial charge in [-0.25, -0.2) is 0 Å². The Bertz CT molecular complexity index is 822. The maximum Gasteiger partial charge on any atom is 0.302 e. The second-order valence-electron chi connectivity index (χ2n) is 12.7. The average molecular weight is 429 g/mol. The molecule has 1 spiro atoms. The molecule has 4 heteroatoms. The molecule has 0 amide bonds. The summed E-state index contributed by atoms with van der Waals surface area (Å²) in [6, 6.07) is 0. The number of Topliss-reactive ketones (excluding diaryl/α,β-unsaturated/α-hetero) is 1. The first-order chi connectivity index (χ1) is 14.7. The van der Waals surface area contributed by atoms with E-state index in [9.17, 15) is 9.59 Å². The van der Waals surface area contributed by atoms with Crippen LogP contribution in [0.25, 0.3) is 0 Å². The summed E-state index contributed by atoms with van der Waals surface area (Å²) in [6.45, 7) is 8.45. The van der Waals surface area contributed by atoms with Crippen molar-refractivity contribution in [2.45, 2.75) is 116 Å². The van der Waals surface area contributed by atoms with E-state index in [-0.39, 0.29) is 33.9 Å². The van der Waals surface area contributed by atoms with Crippen LogP contribution in [0.15, 0.2) is 0 Å². The van der Waals surface area contributed by atoms with Gasteiger partial charge in [-0.3, -0.25) is 9.59 Å². The summed E-state index contributed by atoms with van der Waals surface area (Å²) in [5.41, 5.74) is 0.235. The molecular formula is C27H40O4. The Balaban J connectivity index is 1.33. The highest BCUT2D eigenvalue weighted by molar-refractivity contribution is 5.84. The molecule has 0 aromatic carbocycles. The van der Waals surface area contributed by atoms with Gasteiger partial charge in [-0.2, -0.15) is 0 Å². The molecule has 1 heterocycles. The van der Waals surface area contributed by atoms with E-state index >= 15 is 0 Å². The number of ketones is 1. The first-order valence-electron chi connectivity index (χ1n) is 13.0. The molecule has 4 nitrogen and oxygen atoms in total. The largest absolute Gasteiger partial charge is 0.462 e. The second kappa shape index (κ2) is 6.36. The van der Waals surface area contributed by atoms with Crippen LogP contribution in [0.4, 0.5) is 0 Å². The van der Waals surface area contributed by atoms with Crippen LogP contribution < -0.4 is 0 Å². The van der Waals surface area contributed by atoms with Gasteiger partial charge in [0.2, 0.25) is 0 Å². The maximum atomic E-state index is 13.2. The minimum atomic E-state index is -0.160. The average Bonchev–Trinajstić information content (AvgIpc) is 3.33. The van der Waals surface area contributed by atoms with Crippen LogP contribution in [0.2, 0.25) is 0 Å². The van der Waals surface area contributed by atoms with Crippen LogP contribution in [0, 0.1) is 39.9 Å². The molecule has 1 aliphatic heterocycles. The topological polar surface area (TPSA) is 55.9 Å². The van der Waals surface area contributed by atoms with Crippen molar-refractivity contribution in [2.75, 3.05) is 0 Å². The van der Waals surface area contributed by atoms with Gasteiger partial charge in [0.25, 0.3) is 0 Å². The van der Waals surface area contributed by atoms with E-state index in [4.69, 9.17) is 9.47 Å². The molecule has 172 valence electrons. The van der Waals surface area contributed by atoms with Crippen molar-refractivity contribution in [1.82, 2.24) is 0 Å². The Morgan fingerprint density at radius 2 is 1.68 bits per heavy atom. The summed E-state index contributed by atoms with van der Waals surface area (Å²) in [6.07, 6.45) is 13.1. The molecule has 6 aliphatic rings. The fraction of sp³-hybridized carbons (Fsp3) is 0.926. The molecule has 6 rings (SSSR count). The zero-order valence-corrected chi connectivity index (χ0v) is 19.9. The predicted molar refractivity (Wildman–Crippen MR) is 117 cm³/mol. The predicted octanol–water partition coefficient (Wildman–Crippen LogP) is 5.47. The number of esters is 1. The minimum absolute atomic E-state index is 0.0244. The lowest BCUT2D eigenvalue weighted by Gasteiger charge is -2.61. The van der Waals surface area contributed by atoms with Crippen LogP contribution in [-0.2, 0) is 19.1 Å². The molecule has 1 saturated heterocycles. The van der Waals surface area contributed by atoms with Crippen molar-refractivity contribution in [3.05, 3.63) is 0 Å². The van der Waals surface area contributed by atoms with Gasteiger partial charge >= 0.3 is 5.97 Å². The molecule has 0 N–H and O–H groups in total. The first-order valence-corrected chi connectivity index (χ1v) is 13.0. The Hall–Kier alpha value is -0.900. The normalized spacial score (nSPS) is 56.9. The SMILES string of the molecule is CC(=O)O[C@H]1CC[C@]2(C)C3CC[C@@]4(C)C(C[C@@H]5CCCC[C@]54C(C)=O)[C@@H]3C[C@@H]3O[C@@]32C1. The van der Waals surface area contributed by atoms with Crippen LogP contribution in [0.5, 0.6) is 0 Å². The first kappa shape index (κ1) is 20.7. The van der Waals surface area contributed by atoms with Crippen LogP contribution in [0.1, 0.15) is 98.3 Å². The lowest BCUT2D eigenvalue weighted by atomic mass is 9.42. The fourth-order valence-corrected chi connectivity index (χ4v) is 10.8. The lowest BCUT2D eigenvalue weighted by Crippen LogP contribution is -2.60. The number of carbonyl (C=O) groups is 2. The van der Waals surface area contributed by atoms with Gasteiger partial charge in [0.15, 0.2) is 0 Å². The summed E-state index contributed by atoms with van der Waals surface area (Å²) in [5, 5.41) is 0. The second-order valence-corrected chi connectivity index (χ2v) is 12.7. The minimum Gasteiger partial charge on any atom is -0.462 e. The van der Waals surface area contributed by atoms with Crippen molar-refractivity contribution in [3.8, 4) is 0 Å². The van der Waals surface area contributed by atoms with Gasteiger partial charge in [0.05, 0.1) is 6.10 Å². The number of rotatable bonds is 2.